The Balaban J connectivity index is 2.61. The fraction of sp³-hybridized carbons (Fsp3) is 0.500. The second-order valence-electron chi connectivity index (χ2n) is 4.37. The first-order valence-corrected chi connectivity index (χ1v) is 9.65. The highest BCUT2D eigenvalue weighted by atomic mass is 79.9. The van der Waals surface area contributed by atoms with Crippen molar-refractivity contribution in [2.24, 2.45) is 5.92 Å². The van der Waals surface area contributed by atoms with Crippen LogP contribution in [0.1, 0.15) is 19.8 Å². The first kappa shape index (κ1) is 17.4. The van der Waals surface area contributed by atoms with Crippen molar-refractivity contribution in [2.75, 3.05) is 11.9 Å². The van der Waals surface area contributed by atoms with Gasteiger partial charge in [-0.05, 0) is 37.0 Å². The zero-order valence-corrected chi connectivity index (χ0v) is 15.2. The van der Waals surface area contributed by atoms with Crippen molar-refractivity contribution in [2.45, 2.75) is 24.7 Å². The van der Waals surface area contributed by atoms with Crippen molar-refractivity contribution in [1.29, 1.82) is 0 Å². The van der Waals surface area contributed by atoms with Gasteiger partial charge in [-0.25, -0.2) is 13.1 Å². The van der Waals surface area contributed by atoms with Gasteiger partial charge in [0.15, 0.2) is 0 Å². The fourth-order valence-corrected chi connectivity index (χ4v) is 3.94. The Morgan fingerprint density at radius 3 is 2.68 bits per heavy atom. The molecule has 1 N–H and O–H groups in total. The first-order valence-electron chi connectivity index (χ1n) is 5.87. The van der Waals surface area contributed by atoms with Crippen LogP contribution in [-0.2, 0) is 10.0 Å². The summed E-state index contributed by atoms with van der Waals surface area (Å²) in [5.41, 5.74) is 0. The molecule has 0 fully saturated rings. The van der Waals surface area contributed by atoms with Crippen molar-refractivity contribution in [3.8, 4) is 0 Å². The third kappa shape index (κ3) is 5.71. The van der Waals surface area contributed by atoms with E-state index in [1.165, 1.54) is 6.07 Å². The molecule has 1 aromatic rings. The summed E-state index contributed by atoms with van der Waals surface area (Å²) in [6, 6.07) is 4.73. The van der Waals surface area contributed by atoms with Crippen LogP contribution in [0.3, 0.4) is 0 Å². The van der Waals surface area contributed by atoms with E-state index in [9.17, 15) is 8.42 Å². The van der Waals surface area contributed by atoms with E-state index in [1.807, 2.05) is 0 Å². The molecule has 1 aromatic carbocycles. The molecule has 0 saturated heterocycles. The van der Waals surface area contributed by atoms with E-state index in [4.69, 9.17) is 11.6 Å². The molecular weight excluding hydrogens is 417 g/mol. The first-order chi connectivity index (χ1) is 8.86. The minimum atomic E-state index is -3.53. The summed E-state index contributed by atoms with van der Waals surface area (Å²) in [5.74, 6) is 0.542. The maximum absolute atomic E-state index is 12.1. The number of hydrogen-bond donors (Lipinski definition) is 1. The summed E-state index contributed by atoms with van der Waals surface area (Å²) in [5, 5.41) is 1.15. The molecule has 0 aliphatic heterocycles. The third-order valence-electron chi connectivity index (χ3n) is 2.61. The van der Waals surface area contributed by atoms with Gasteiger partial charge in [0.05, 0.1) is 5.02 Å². The summed E-state index contributed by atoms with van der Waals surface area (Å²) >= 11 is 12.6. The summed E-state index contributed by atoms with van der Waals surface area (Å²) in [7, 11) is -3.53. The molecule has 1 rings (SSSR count). The highest BCUT2D eigenvalue weighted by Gasteiger charge is 2.17. The fourth-order valence-electron chi connectivity index (χ4n) is 1.51. The lowest BCUT2D eigenvalue weighted by atomic mass is 10.1. The maximum Gasteiger partial charge on any atom is 0.242 e. The average molecular weight is 434 g/mol. The topological polar surface area (TPSA) is 46.2 Å². The largest absolute Gasteiger partial charge is 0.242 e. The number of alkyl halides is 1. The minimum Gasteiger partial charge on any atom is -0.211 e. The van der Waals surface area contributed by atoms with Crippen LogP contribution in [0.15, 0.2) is 27.6 Å². The second kappa shape index (κ2) is 7.98. The zero-order valence-electron chi connectivity index (χ0n) is 10.5. The van der Waals surface area contributed by atoms with E-state index < -0.39 is 10.0 Å². The van der Waals surface area contributed by atoms with Crippen LogP contribution in [0.2, 0.25) is 5.02 Å². The molecule has 1 unspecified atom stereocenters. The van der Waals surface area contributed by atoms with Crippen molar-refractivity contribution < 1.29 is 8.42 Å². The van der Waals surface area contributed by atoms with E-state index in [2.05, 4.69) is 43.5 Å². The van der Waals surface area contributed by atoms with Gasteiger partial charge in [-0.1, -0.05) is 50.4 Å². The van der Waals surface area contributed by atoms with Gasteiger partial charge in [-0.2, -0.15) is 0 Å². The maximum atomic E-state index is 12.1. The van der Waals surface area contributed by atoms with Crippen LogP contribution in [0, 0.1) is 5.92 Å². The molecular formula is C12H16Br2ClNO2S. The summed E-state index contributed by atoms with van der Waals surface area (Å²) in [6.07, 6.45) is 1.78. The molecule has 19 heavy (non-hydrogen) atoms. The van der Waals surface area contributed by atoms with Crippen LogP contribution in [0.5, 0.6) is 0 Å². The molecule has 1 atom stereocenters. The molecule has 0 spiro atoms. The van der Waals surface area contributed by atoms with Gasteiger partial charge in [-0.3, -0.25) is 0 Å². The molecule has 0 bridgehead atoms. The molecule has 0 radical (unpaired) electrons. The van der Waals surface area contributed by atoms with Gasteiger partial charge >= 0.3 is 0 Å². The zero-order chi connectivity index (χ0) is 14.5. The second-order valence-corrected chi connectivity index (χ2v) is 8.08. The number of sulfonamides is 1. The third-order valence-corrected chi connectivity index (χ3v) is 6.16. The Morgan fingerprint density at radius 1 is 1.42 bits per heavy atom. The SMILES string of the molecule is CC(CBr)CCCNS(=O)(=O)c1ccc(Br)cc1Cl. The molecule has 0 aromatic heterocycles. The molecule has 0 heterocycles. The molecule has 0 aliphatic rings. The highest BCUT2D eigenvalue weighted by molar-refractivity contribution is 9.10. The lowest BCUT2D eigenvalue weighted by molar-refractivity contribution is 0.546. The standard InChI is InChI=1S/C12H16Br2ClNO2S/c1-9(8-13)3-2-6-16-19(17,18)12-5-4-10(14)7-11(12)15/h4-5,7,9,16H,2-3,6,8H2,1H3. The van der Waals surface area contributed by atoms with Crippen LogP contribution < -0.4 is 4.72 Å². The molecule has 0 amide bonds. The lowest BCUT2D eigenvalue weighted by Gasteiger charge is -2.10. The van der Waals surface area contributed by atoms with Gasteiger partial charge < -0.3 is 0 Å². The smallest absolute Gasteiger partial charge is 0.211 e. The Morgan fingerprint density at radius 2 is 2.11 bits per heavy atom. The summed E-state index contributed by atoms with van der Waals surface area (Å²) < 4.78 is 27.4. The Bertz CT molecular complexity index is 522. The molecule has 0 aliphatic carbocycles. The monoisotopic (exact) mass is 431 g/mol. The highest BCUT2D eigenvalue weighted by Crippen LogP contribution is 2.25. The molecule has 108 valence electrons. The van der Waals surface area contributed by atoms with Gasteiger partial charge in [0.1, 0.15) is 4.90 Å². The van der Waals surface area contributed by atoms with E-state index >= 15 is 0 Å². The number of benzene rings is 1. The predicted molar refractivity (Wildman–Crippen MR) is 86.5 cm³/mol. The van der Waals surface area contributed by atoms with Crippen molar-refractivity contribution in [1.82, 2.24) is 4.72 Å². The quantitative estimate of drug-likeness (QED) is 0.518. The predicted octanol–water partition coefficient (Wildman–Crippen LogP) is 4.19. The Kier molecular flexibility index (Phi) is 7.32. The number of rotatable bonds is 7. The van der Waals surface area contributed by atoms with E-state index in [0.717, 1.165) is 22.6 Å². The van der Waals surface area contributed by atoms with Gasteiger partial charge in [-0.15, -0.1) is 0 Å². The van der Waals surface area contributed by atoms with Crippen LogP contribution >= 0.6 is 43.5 Å². The van der Waals surface area contributed by atoms with Crippen molar-refractivity contribution >= 4 is 53.5 Å². The number of hydrogen-bond acceptors (Lipinski definition) is 2. The molecule has 3 nitrogen and oxygen atoms in total. The average Bonchev–Trinajstić information content (AvgIpc) is 2.33. The summed E-state index contributed by atoms with van der Waals surface area (Å²) in [6.45, 7) is 2.54. The van der Waals surface area contributed by atoms with E-state index in [-0.39, 0.29) is 9.92 Å². The van der Waals surface area contributed by atoms with Gasteiger partial charge in [0.25, 0.3) is 0 Å². The van der Waals surface area contributed by atoms with Crippen LogP contribution in [0.4, 0.5) is 0 Å². The van der Waals surface area contributed by atoms with E-state index in [1.54, 1.807) is 12.1 Å². The van der Waals surface area contributed by atoms with Crippen molar-refractivity contribution in [3.63, 3.8) is 0 Å². The normalized spacial score (nSPS) is 13.5. The van der Waals surface area contributed by atoms with Crippen LogP contribution in [-0.4, -0.2) is 20.3 Å². The Labute approximate surface area is 136 Å². The Hall–Kier alpha value is 0.380. The number of nitrogens with one attached hydrogen (secondary N) is 1. The van der Waals surface area contributed by atoms with Crippen molar-refractivity contribution in [3.05, 3.63) is 27.7 Å². The molecule has 0 saturated carbocycles. The molecule has 7 heteroatoms. The lowest BCUT2D eigenvalue weighted by Crippen LogP contribution is -2.25. The van der Waals surface area contributed by atoms with E-state index in [0.29, 0.717) is 12.5 Å². The van der Waals surface area contributed by atoms with Gasteiger partial charge in [0, 0.05) is 16.3 Å². The summed E-state index contributed by atoms with van der Waals surface area (Å²) in [4.78, 5) is 0.117. The minimum absolute atomic E-state index is 0.117. The van der Waals surface area contributed by atoms with Crippen LogP contribution in [0.25, 0.3) is 0 Å². The van der Waals surface area contributed by atoms with Gasteiger partial charge in [0.2, 0.25) is 10.0 Å². The number of halogens is 3.